The molecular weight excluding hydrogens is 124 g/mol. The highest BCUT2D eigenvalue weighted by Gasteiger charge is 1.69. The molecule has 0 aliphatic rings. The molecule has 0 atom stereocenters. The number of H-pyrrole nitrogens is 1. The summed E-state index contributed by atoms with van der Waals surface area (Å²) in [6.07, 6.45) is 5.37. The van der Waals surface area contributed by atoms with Crippen LogP contribution in [0.3, 0.4) is 0 Å². The first-order valence-corrected chi connectivity index (χ1v) is 3.18. The molecular formula is C8H10N2. The van der Waals surface area contributed by atoms with E-state index < -0.39 is 0 Å². The Morgan fingerprint density at radius 3 is 3.10 bits per heavy atom. The summed E-state index contributed by atoms with van der Waals surface area (Å²) in [4.78, 5) is 7.03. The van der Waals surface area contributed by atoms with Crippen LogP contribution < -0.4 is 0 Å². The molecule has 0 unspecified atom stereocenters. The zero-order chi connectivity index (χ0) is 7.23. The summed E-state index contributed by atoms with van der Waals surface area (Å²) in [6.45, 7) is 1.99. The normalized spacial score (nSPS) is 8.50. The lowest BCUT2D eigenvalue weighted by atomic mass is 10.5. The number of aromatic amines is 1. The van der Waals surface area contributed by atoms with Gasteiger partial charge < -0.3 is 4.98 Å². The molecule has 1 aromatic rings. The van der Waals surface area contributed by atoms with Crippen molar-refractivity contribution in [1.29, 1.82) is 0 Å². The highest BCUT2D eigenvalue weighted by atomic mass is 14.7. The summed E-state index contributed by atoms with van der Waals surface area (Å²) < 4.78 is 0. The van der Waals surface area contributed by atoms with Crippen LogP contribution in [0.4, 0.5) is 0 Å². The summed E-state index contributed by atoms with van der Waals surface area (Å²) in [5.74, 6) is 0. The summed E-state index contributed by atoms with van der Waals surface area (Å²) in [5, 5.41) is 0. The topological polar surface area (TPSA) is 28.7 Å². The lowest BCUT2D eigenvalue weighted by Crippen LogP contribution is -1.68. The van der Waals surface area contributed by atoms with Gasteiger partial charge in [0.05, 0.1) is 0 Å². The molecule has 1 N–H and O–H groups in total. The monoisotopic (exact) mass is 134 g/mol. The molecule has 0 aliphatic heterocycles. The van der Waals surface area contributed by atoms with Crippen LogP contribution in [0.1, 0.15) is 5.69 Å². The van der Waals surface area contributed by atoms with Gasteiger partial charge in [-0.1, -0.05) is 0 Å². The van der Waals surface area contributed by atoms with Crippen molar-refractivity contribution < 1.29 is 0 Å². The molecule has 0 radical (unpaired) electrons. The van der Waals surface area contributed by atoms with E-state index in [-0.39, 0.29) is 0 Å². The Labute approximate surface area is 60.3 Å². The van der Waals surface area contributed by atoms with Gasteiger partial charge >= 0.3 is 0 Å². The fraction of sp³-hybridized carbons (Fsp3) is 0.125. The van der Waals surface area contributed by atoms with Gasteiger partial charge in [-0.15, -0.1) is 0 Å². The average Bonchev–Trinajstić information content (AvgIpc) is 2.02. The fourth-order valence-electron chi connectivity index (χ4n) is 0.587. The van der Waals surface area contributed by atoms with E-state index >= 15 is 0 Å². The predicted octanol–water partition coefficient (Wildman–Crippen LogP) is 1.84. The summed E-state index contributed by atoms with van der Waals surface area (Å²) in [5.41, 5.74) is 1.09. The van der Waals surface area contributed by atoms with E-state index in [1.165, 1.54) is 0 Å². The lowest BCUT2D eigenvalue weighted by molar-refractivity contribution is 1.21. The van der Waals surface area contributed by atoms with Crippen molar-refractivity contribution in [3.63, 3.8) is 0 Å². The molecule has 0 bridgehead atoms. The SMILES string of the molecule is Cc1ccncccc[nH]1. The van der Waals surface area contributed by atoms with E-state index in [0.717, 1.165) is 5.69 Å². The Balaban J connectivity index is 3.13. The van der Waals surface area contributed by atoms with Crippen LogP contribution in [0, 0.1) is 6.92 Å². The highest BCUT2D eigenvalue weighted by molar-refractivity contribution is 4.94. The molecule has 0 saturated heterocycles. The molecule has 1 rings (SSSR count). The zero-order valence-electron chi connectivity index (χ0n) is 5.91. The second kappa shape index (κ2) is 3.67. The molecule has 1 aromatic heterocycles. The van der Waals surface area contributed by atoms with Crippen LogP contribution in [0.5, 0.6) is 0 Å². The molecule has 1 heterocycles. The first-order chi connectivity index (χ1) is 4.89. The van der Waals surface area contributed by atoms with Crippen molar-refractivity contribution in [2.24, 2.45) is 0 Å². The van der Waals surface area contributed by atoms with Crippen molar-refractivity contribution in [2.45, 2.75) is 6.92 Å². The largest absolute Gasteiger partial charge is 0.365 e. The van der Waals surface area contributed by atoms with Crippen molar-refractivity contribution in [2.75, 3.05) is 0 Å². The molecule has 2 nitrogen and oxygen atoms in total. The summed E-state index contributed by atoms with van der Waals surface area (Å²) in [6, 6.07) is 5.69. The molecule has 10 heavy (non-hydrogen) atoms. The van der Waals surface area contributed by atoms with E-state index in [1.807, 2.05) is 31.3 Å². The maximum atomic E-state index is 3.97. The Morgan fingerprint density at radius 1 is 1.30 bits per heavy atom. The van der Waals surface area contributed by atoms with Crippen molar-refractivity contribution in [1.82, 2.24) is 9.97 Å². The quantitative estimate of drug-likeness (QED) is 0.576. The van der Waals surface area contributed by atoms with Gasteiger partial charge in [-0.25, -0.2) is 0 Å². The van der Waals surface area contributed by atoms with E-state index in [4.69, 9.17) is 0 Å². The van der Waals surface area contributed by atoms with Crippen LogP contribution >= 0.6 is 0 Å². The number of nitrogens with one attached hydrogen (secondary N) is 1. The molecule has 52 valence electrons. The molecule has 0 fully saturated rings. The molecule has 0 saturated carbocycles. The second-order valence-corrected chi connectivity index (χ2v) is 1.99. The van der Waals surface area contributed by atoms with Gasteiger partial charge in [0, 0.05) is 24.3 Å². The Hall–Kier alpha value is -1.31. The standard InChI is InChI=1S/C8H10N2/c1-8-4-7-9-5-2-3-6-10-8/h2-7,10H,1H3. The number of hydrogen-bond donors (Lipinski definition) is 1. The minimum atomic E-state index is 1.09. The number of aromatic nitrogens is 2. The third kappa shape index (κ3) is 2.31. The van der Waals surface area contributed by atoms with Gasteiger partial charge in [0.15, 0.2) is 0 Å². The fourth-order valence-corrected chi connectivity index (χ4v) is 0.587. The Morgan fingerprint density at radius 2 is 2.20 bits per heavy atom. The van der Waals surface area contributed by atoms with E-state index in [2.05, 4.69) is 9.97 Å². The maximum absolute atomic E-state index is 3.97. The first-order valence-electron chi connectivity index (χ1n) is 3.18. The number of nitrogens with zero attached hydrogens (tertiary/aromatic N) is 1. The van der Waals surface area contributed by atoms with Crippen LogP contribution in [0.15, 0.2) is 36.8 Å². The number of rotatable bonds is 0. The molecule has 2 heteroatoms. The highest BCUT2D eigenvalue weighted by Crippen LogP contribution is 1.82. The molecule has 0 aliphatic carbocycles. The maximum Gasteiger partial charge on any atom is 0.0284 e. The number of hydrogen-bond acceptors (Lipinski definition) is 1. The van der Waals surface area contributed by atoms with Gasteiger partial charge in [-0.2, -0.15) is 0 Å². The van der Waals surface area contributed by atoms with Crippen LogP contribution in [-0.2, 0) is 0 Å². The van der Waals surface area contributed by atoms with Crippen molar-refractivity contribution in [3.05, 3.63) is 42.5 Å². The van der Waals surface area contributed by atoms with Gasteiger partial charge in [0.1, 0.15) is 0 Å². The average molecular weight is 134 g/mol. The van der Waals surface area contributed by atoms with Crippen LogP contribution in [-0.4, -0.2) is 9.97 Å². The van der Waals surface area contributed by atoms with Gasteiger partial charge in [-0.3, -0.25) is 4.98 Å². The molecule has 0 amide bonds. The van der Waals surface area contributed by atoms with E-state index in [0.29, 0.717) is 0 Å². The van der Waals surface area contributed by atoms with E-state index in [9.17, 15) is 0 Å². The van der Waals surface area contributed by atoms with Crippen molar-refractivity contribution >= 4 is 0 Å². The summed E-state index contributed by atoms with van der Waals surface area (Å²) >= 11 is 0. The molecule has 0 aromatic carbocycles. The second-order valence-electron chi connectivity index (χ2n) is 1.99. The third-order valence-corrected chi connectivity index (χ3v) is 1.10. The van der Waals surface area contributed by atoms with Crippen LogP contribution in [0.25, 0.3) is 0 Å². The number of aryl methyl sites for hydroxylation is 1. The minimum Gasteiger partial charge on any atom is -0.365 e. The van der Waals surface area contributed by atoms with Gasteiger partial charge in [0.25, 0.3) is 0 Å². The predicted molar refractivity (Wildman–Crippen MR) is 41.0 cm³/mol. The zero-order valence-corrected chi connectivity index (χ0v) is 5.91. The summed E-state index contributed by atoms with van der Waals surface area (Å²) in [7, 11) is 0. The van der Waals surface area contributed by atoms with Crippen LogP contribution in [0.2, 0.25) is 0 Å². The third-order valence-electron chi connectivity index (χ3n) is 1.10. The van der Waals surface area contributed by atoms with Gasteiger partial charge in [-0.05, 0) is 25.1 Å². The van der Waals surface area contributed by atoms with Crippen molar-refractivity contribution in [3.8, 4) is 0 Å². The molecule has 0 spiro atoms. The lowest BCUT2D eigenvalue weighted by Gasteiger charge is -1.79. The Kier molecular flexibility index (Phi) is 2.49. The van der Waals surface area contributed by atoms with E-state index in [1.54, 1.807) is 12.4 Å². The van der Waals surface area contributed by atoms with Gasteiger partial charge in [0.2, 0.25) is 0 Å². The Bertz CT molecular complexity index is 215. The minimum absolute atomic E-state index is 1.09. The smallest absolute Gasteiger partial charge is 0.0284 e. The first kappa shape index (κ1) is 6.81.